The quantitative estimate of drug-likeness (QED) is 0.819. The van der Waals surface area contributed by atoms with Gasteiger partial charge < -0.3 is 11.1 Å². The number of likely N-dealkylation sites (N-methyl/N-ethyl adjacent to an activating group) is 1. The van der Waals surface area contributed by atoms with Gasteiger partial charge in [-0.15, -0.1) is 0 Å². The summed E-state index contributed by atoms with van der Waals surface area (Å²) in [6.07, 6.45) is 6.03. The molecule has 21 heavy (non-hydrogen) atoms. The van der Waals surface area contributed by atoms with Crippen molar-refractivity contribution >= 4 is 11.6 Å². The molecule has 0 radical (unpaired) electrons. The van der Waals surface area contributed by atoms with Gasteiger partial charge in [0.15, 0.2) is 0 Å². The molecule has 0 heterocycles. The maximum atomic E-state index is 12.3. The van der Waals surface area contributed by atoms with Gasteiger partial charge in [-0.05, 0) is 44.5 Å². The van der Waals surface area contributed by atoms with Gasteiger partial charge in [0.1, 0.15) is 0 Å². The molecule has 0 aliphatic heterocycles. The van der Waals surface area contributed by atoms with Crippen molar-refractivity contribution in [1.82, 2.24) is 10.2 Å². The monoisotopic (exact) mass is 289 g/mol. The van der Waals surface area contributed by atoms with E-state index in [4.69, 9.17) is 5.73 Å². The van der Waals surface area contributed by atoms with E-state index in [0.29, 0.717) is 6.04 Å². The molecule has 1 fully saturated rings. The van der Waals surface area contributed by atoms with Crippen LogP contribution in [0.3, 0.4) is 0 Å². The number of amides is 1. The van der Waals surface area contributed by atoms with E-state index >= 15 is 0 Å². The highest BCUT2D eigenvalue weighted by atomic mass is 16.2. The number of carbonyl (C=O) groups excluding carboxylic acids is 1. The molecule has 4 nitrogen and oxygen atoms in total. The average Bonchev–Trinajstić information content (AvgIpc) is 2.49. The number of hydrogen-bond donors (Lipinski definition) is 2. The molecule has 4 heteroatoms. The van der Waals surface area contributed by atoms with Crippen LogP contribution in [0.2, 0.25) is 0 Å². The zero-order valence-corrected chi connectivity index (χ0v) is 13.1. The summed E-state index contributed by atoms with van der Waals surface area (Å²) in [7, 11) is 1.99. The van der Waals surface area contributed by atoms with Crippen molar-refractivity contribution in [3.63, 3.8) is 0 Å². The predicted molar refractivity (Wildman–Crippen MR) is 86.8 cm³/mol. The minimum atomic E-state index is -0.121. The van der Waals surface area contributed by atoms with E-state index in [1.165, 1.54) is 24.8 Å². The summed E-state index contributed by atoms with van der Waals surface area (Å²) in [5.74, 6) is 0.139. The van der Waals surface area contributed by atoms with Crippen LogP contribution in [0.4, 0.5) is 5.69 Å². The van der Waals surface area contributed by atoms with Crippen molar-refractivity contribution in [3.05, 3.63) is 29.8 Å². The number of benzene rings is 1. The number of nitrogens with two attached hydrogens (primary N) is 1. The van der Waals surface area contributed by atoms with Gasteiger partial charge in [0.25, 0.3) is 0 Å². The molecule has 0 aromatic heterocycles. The molecule has 0 bridgehead atoms. The number of anilines is 1. The predicted octanol–water partition coefficient (Wildman–Crippen LogP) is 2.54. The molecule has 1 aliphatic carbocycles. The van der Waals surface area contributed by atoms with Crippen LogP contribution >= 0.6 is 0 Å². The Hall–Kier alpha value is -1.55. The van der Waals surface area contributed by atoms with Gasteiger partial charge in [-0.1, -0.05) is 31.4 Å². The third-order valence-corrected chi connectivity index (χ3v) is 4.40. The van der Waals surface area contributed by atoms with Gasteiger partial charge >= 0.3 is 0 Å². The SMILES string of the molecule is CC(C(=O)NC1CCCCC1)N(C)Cc1ccc(N)cc1. The molecular weight excluding hydrogens is 262 g/mol. The van der Waals surface area contributed by atoms with Crippen LogP contribution < -0.4 is 11.1 Å². The summed E-state index contributed by atoms with van der Waals surface area (Å²) in [5.41, 5.74) is 7.63. The summed E-state index contributed by atoms with van der Waals surface area (Å²) < 4.78 is 0. The van der Waals surface area contributed by atoms with Crippen LogP contribution in [0.1, 0.15) is 44.6 Å². The Morgan fingerprint density at radius 3 is 2.52 bits per heavy atom. The second kappa shape index (κ2) is 7.46. The van der Waals surface area contributed by atoms with E-state index in [1.54, 1.807) is 0 Å². The first kappa shape index (κ1) is 15.8. The standard InChI is InChI=1S/C17H27N3O/c1-13(17(21)19-16-6-4-3-5-7-16)20(2)12-14-8-10-15(18)11-9-14/h8-11,13,16H,3-7,12,18H2,1-2H3,(H,19,21). The van der Waals surface area contributed by atoms with E-state index in [2.05, 4.69) is 10.2 Å². The summed E-state index contributed by atoms with van der Waals surface area (Å²) in [6.45, 7) is 2.72. The highest BCUT2D eigenvalue weighted by Gasteiger charge is 2.22. The maximum Gasteiger partial charge on any atom is 0.237 e. The highest BCUT2D eigenvalue weighted by molar-refractivity contribution is 5.81. The maximum absolute atomic E-state index is 12.3. The lowest BCUT2D eigenvalue weighted by molar-refractivity contribution is -0.126. The Labute approximate surface area is 127 Å². The minimum absolute atomic E-state index is 0.121. The minimum Gasteiger partial charge on any atom is -0.399 e. The van der Waals surface area contributed by atoms with Crippen LogP contribution in [0.25, 0.3) is 0 Å². The summed E-state index contributed by atoms with van der Waals surface area (Å²) in [6, 6.07) is 8.07. The lowest BCUT2D eigenvalue weighted by Gasteiger charge is -2.28. The third kappa shape index (κ3) is 4.74. The van der Waals surface area contributed by atoms with E-state index in [-0.39, 0.29) is 11.9 Å². The number of rotatable bonds is 5. The Morgan fingerprint density at radius 1 is 1.29 bits per heavy atom. The molecule has 1 aromatic carbocycles. The number of hydrogen-bond acceptors (Lipinski definition) is 3. The first-order valence-electron chi connectivity index (χ1n) is 7.91. The molecule has 1 unspecified atom stereocenters. The molecular formula is C17H27N3O. The summed E-state index contributed by atoms with van der Waals surface area (Å²) in [5, 5.41) is 3.19. The Bertz CT molecular complexity index is 452. The molecule has 116 valence electrons. The molecule has 3 N–H and O–H groups in total. The molecule has 1 aromatic rings. The van der Waals surface area contributed by atoms with Crippen molar-refractivity contribution in [2.24, 2.45) is 0 Å². The van der Waals surface area contributed by atoms with Gasteiger partial charge in [0, 0.05) is 18.3 Å². The lowest BCUT2D eigenvalue weighted by Crippen LogP contribution is -2.47. The number of nitrogens with zero attached hydrogens (tertiary/aromatic N) is 1. The Morgan fingerprint density at radius 2 is 1.90 bits per heavy atom. The van der Waals surface area contributed by atoms with Crippen LogP contribution in [0, 0.1) is 0 Å². The van der Waals surface area contributed by atoms with Crippen molar-refractivity contribution in [3.8, 4) is 0 Å². The van der Waals surface area contributed by atoms with Crippen LogP contribution in [-0.2, 0) is 11.3 Å². The van der Waals surface area contributed by atoms with Crippen molar-refractivity contribution in [2.45, 2.75) is 57.7 Å². The second-order valence-corrected chi connectivity index (χ2v) is 6.18. The second-order valence-electron chi connectivity index (χ2n) is 6.18. The zero-order chi connectivity index (χ0) is 15.2. The van der Waals surface area contributed by atoms with Gasteiger partial charge in [-0.25, -0.2) is 0 Å². The fraction of sp³-hybridized carbons (Fsp3) is 0.588. The van der Waals surface area contributed by atoms with E-state index in [9.17, 15) is 4.79 Å². The van der Waals surface area contributed by atoms with E-state index < -0.39 is 0 Å². The Balaban J connectivity index is 1.84. The normalized spacial score (nSPS) is 17.7. The highest BCUT2D eigenvalue weighted by Crippen LogP contribution is 2.18. The molecule has 2 rings (SSSR count). The van der Waals surface area contributed by atoms with Crippen molar-refractivity contribution < 1.29 is 4.79 Å². The van der Waals surface area contributed by atoms with Gasteiger partial charge in [-0.3, -0.25) is 9.69 Å². The molecule has 1 aliphatic rings. The molecule has 1 atom stereocenters. The topological polar surface area (TPSA) is 58.4 Å². The average molecular weight is 289 g/mol. The number of carbonyl (C=O) groups is 1. The van der Waals surface area contributed by atoms with Crippen molar-refractivity contribution in [1.29, 1.82) is 0 Å². The largest absolute Gasteiger partial charge is 0.399 e. The Kier molecular flexibility index (Phi) is 5.62. The fourth-order valence-corrected chi connectivity index (χ4v) is 2.82. The first-order chi connectivity index (χ1) is 10.1. The fourth-order valence-electron chi connectivity index (χ4n) is 2.82. The first-order valence-corrected chi connectivity index (χ1v) is 7.91. The van der Waals surface area contributed by atoms with Gasteiger partial charge in [0.05, 0.1) is 6.04 Å². The third-order valence-electron chi connectivity index (χ3n) is 4.40. The molecule has 0 saturated heterocycles. The molecule has 1 saturated carbocycles. The summed E-state index contributed by atoms with van der Waals surface area (Å²) in [4.78, 5) is 14.4. The van der Waals surface area contributed by atoms with Crippen LogP contribution in [0.5, 0.6) is 0 Å². The summed E-state index contributed by atoms with van der Waals surface area (Å²) >= 11 is 0. The van der Waals surface area contributed by atoms with E-state index in [1.807, 2.05) is 38.2 Å². The number of nitrogen functional groups attached to an aromatic ring is 1. The molecule has 0 spiro atoms. The smallest absolute Gasteiger partial charge is 0.237 e. The van der Waals surface area contributed by atoms with Crippen LogP contribution in [-0.4, -0.2) is 29.9 Å². The number of nitrogens with one attached hydrogen (secondary N) is 1. The van der Waals surface area contributed by atoms with E-state index in [0.717, 1.165) is 25.1 Å². The lowest BCUT2D eigenvalue weighted by atomic mass is 9.95. The molecule has 1 amide bonds. The van der Waals surface area contributed by atoms with Crippen molar-refractivity contribution in [2.75, 3.05) is 12.8 Å². The zero-order valence-electron chi connectivity index (χ0n) is 13.1. The van der Waals surface area contributed by atoms with Gasteiger partial charge in [-0.2, -0.15) is 0 Å². The van der Waals surface area contributed by atoms with Gasteiger partial charge in [0.2, 0.25) is 5.91 Å². The van der Waals surface area contributed by atoms with Crippen LogP contribution in [0.15, 0.2) is 24.3 Å².